The van der Waals surface area contributed by atoms with Crippen LogP contribution in [0.5, 0.6) is 0 Å². The fourth-order valence-electron chi connectivity index (χ4n) is 4.60. The highest BCUT2D eigenvalue weighted by atomic mass is 32.1. The molecule has 4 aromatic rings. The van der Waals surface area contributed by atoms with Crippen molar-refractivity contribution in [1.82, 2.24) is 29.7 Å². The first kappa shape index (κ1) is 30.1. The van der Waals surface area contributed by atoms with Crippen molar-refractivity contribution < 1.29 is 32.6 Å². The van der Waals surface area contributed by atoms with E-state index in [0.29, 0.717) is 38.4 Å². The molecule has 0 spiro atoms. The number of carbonyl (C=O) groups is 2. The number of fused-ring (bicyclic) bond motifs is 1. The number of anilines is 1. The summed E-state index contributed by atoms with van der Waals surface area (Å²) in [4.78, 5) is 51.9. The molecule has 43 heavy (non-hydrogen) atoms. The van der Waals surface area contributed by atoms with Crippen molar-refractivity contribution in [1.29, 1.82) is 0 Å². The molecule has 0 bridgehead atoms. The lowest BCUT2D eigenvalue weighted by molar-refractivity contribution is -0.140. The molecule has 1 aliphatic rings. The van der Waals surface area contributed by atoms with Crippen molar-refractivity contribution >= 4 is 40.1 Å². The van der Waals surface area contributed by atoms with E-state index in [1.807, 2.05) is 0 Å². The Kier molecular flexibility index (Phi) is 8.70. The minimum Gasteiger partial charge on any atom is -0.477 e. The van der Waals surface area contributed by atoms with Gasteiger partial charge in [0.2, 0.25) is 5.43 Å². The van der Waals surface area contributed by atoms with Crippen molar-refractivity contribution in [2.45, 2.75) is 19.6 Å². The molecule has 4 aromatic heterocycles. The molecule has 16 heteroatoms. The fourth-order valence-corrected chi connectivity index (χ4v) is 5.46. The Morgan fingerprint density at radius 1 is 1.12 bits per heavy atom. The second-order valence-corrected chi connectivity index (χ2v) is 10.4. The third-order valence-electron chi connectivity index (χ3n) is 6.74. The number of ether oxygens (including phenoxy) is 1. The fraction of sp³-hybridized carbons (Fsp3) is 0.333. The molecule has 0 aromatic carbocycles. The molecule has 1 aliphatic heterocycles. The molecular formula is C27H26F3N7O5S. The highest BCUT2D eigenvalue weighted by molar-refractivity contribution is 7.13. The van der Waals surface area contributed by atoms with Crippen LogP contribution in [0.2, 0.25) is 0 Å². The summed E-state index contributed by atoms with van der Waals surface area (Å²) in [6.07, 6.45) is -0.662. The van der Waals surface area contributed by atoms with Crippen LogP contribution in [0, 0.1) is 0 Å². The molecule has 0 saturated carbocycles. The standard InChI is InChI=1S/C27H26F3N7O5S/c1-2-31-26(41)35-22-10-15(24-34-21(14-43-24)27(28,29)30)17(11-33-22)19-9-16-20(12-32-19)37(13-18(23(16)38)25(39)40)4-3-36-5-7-42-8-6-36/h9-14H,2-8H2,1H3,(H,39,40)(H2,31,33,35,41). The number of halogens is 3. The van der Waals surface area contributed by atoms with Crippen LogP contribution in [0.1, 0.15) is 23.0 Å². The summed E-state index contributed by atoms with van der Waals surface area (Å²) in [5.74, 6) is -1.34. The van der Waals surface area contributed by atoms with Crippen molar-refractivity contribution in [3.63, 3.8) is 0 Å². The van der Waals surface area contributed by atoms with Crippen LogP contribution in [0.25, 0.3) is 32.7 Å². The maximum absolute atomic E-state index is 13.4. The average molecular weight is 618 g/mol. The Balaban J connectivity index is 1.61. The summed E-state index contributed by atoms with van der Waals surface area (Å²) >= 11 is 0.740. The van der Waals surface area contributed by atoms with Gasteiger partial charge < -0.3 is 19.7 Å². The van der Waals surface area contributed by atoms with Gasteiger partial charge in [0, 0.05) is 61.6 Å². The molecule has 0 atom stereocenters. The van der Waals surface area contributed by atoms with E-state index >= 15 is 0 Å². The normalized spacial score (nSPS) is 14.1. The van der Waals surface area contributed by atoms with Crippen LogP contribution < -0.4 is 16.1 Å². The average Bonchev–Trinajstić information content (AvgIpc) is 3.49. The molecule has 5 heterocycles. The molecule has 2 amide bonds. The van der Waals surface area contributed by atoms with Gasteiger partial charge in [-0.15, -0.1) is 11.3 Å². The number of hydrogen-bond acceptors (Lipinski definition) is 9. The zero-order valence-electron chi connectivity index (χ0n) is 22.8. The van der Waals surface area contributed by atoms with Crippen molar-refractivity contribution in [2.75, 3.05) is 44.7 Å². The summed E-state index contributed by atoms with van der Waals surface area (Å²) in [5, 5.41) is 15.7. The quantitative estimate of drug-likeness (QED) is 0.268. The molecule has 5 rings (SSSR count). The summed E-state index contributed by atoms with van der Waals surface area (Å²) in [6, 6.07) is 2.20. The zero-order valence-corrected chi connectivity index (χ0v) is 23.6. The van der Waals surface area contributed by atoms with Gasteiger partial charge in [0.1, 0.15) is 16.4 Å². The van der Waals surface area contributed by atoms with Gasteiger partial charge in [0.25, 0.3) is 0 Å². The second-order valence-electron chi connectivity index (χ2n) is 9.55. The summed E-state index contributed by atoms with van der Waals surface area (Å²) in [5.41, 5.74) is -1.29. The van der Waals surface area contributed by atoms with Crippen LogP contribution in [0.3, 0.4) is 0 Å². The number of aromatic nitrogens is 4. The molecule has 1 fully saturated rings. The Morgan fingerprint density at radius 3 is 2.56 bits per heavy atom. The third kappa shape index (κ3) is 6.65. The van der Waals surface area contributed by atoms with Gasteiger partial charge >= 0.3 is 18.2 Å². The number of carboxylic acid groups (broad SMARTS) is 1. The number of morpholine rings is 1. The lowest BCUT2D eigenvalue weighted by atomic mass is 10.0. The van der Waals surface area contributed by atoms with Gasteiger partial charge in [-0.1, -0.05) is 0 Å². The van der Waals surface area contributed by atoms with Crippen LogP contribution in [-0.4, -0.2) is 80.9 Å². The lowest BCUT2D eigenvalue weighted by Crippen LogP contribution is -2.38. The Bertz CT molecular complexity index is 1730. The zero-order chi connectivity index (χ0) is 30.7. The van der Waals surface area contributed by atoms with Crippen molar-refractivity contribution in [2.24, 2.45) is 0 Å². The predicted molar refractivity (Wildman–Crippen MR) is 152 cm³/mol. The number of alkyl halides is 3. The number of carboxylic acids is 1. The van der Waals surface area contributed by atoms with Crippen LogP contribution in [-0.2, 0) is 17.5 Å². The number of rotatable bonds is 8. The topological polar surface area (TPSA) is 152 Å². The van der Waals surface area contributed by atoms with Gasteiger partial charge in [-0.25, -0.2) is 19.6 Å². The van der Waals surface area contributed by atoms with Gasteiger partial charge in [0.15, 0.2) is 5.69 Å². The first-order valence-electron chi connectivity index (χ1n) is 13.2. The number of nitrogens with zero attached hydrogens (tertiary/aromatic N) is 5. The Labute approximate surface area is 246 Å². The molecule has 3 N–H and O–H groups in total. The van der Waals surface area contributed by atoms with E-state index in [4.69, 9.17) is 4.74 Å². The van der Waals surface area contributed by atoms with Crippen LogP contribution in [0.15, 0.2) is 40.9 Å². The van der Waals surface area contributed by atoms with E-state index in [2.05, 4.69) is 30.5 Å². The van der Waals surface area contributed by atoms with Gasteiger partial charge in [-0.2, -0.15) is 13.2 Å². The molecular weight excluding hydrogens is 591 g/mol. The van der Waals surface area contributed by atoms with Crippen LogP contribution in [0.4, 0.5) is 23.8 Å². The highest BCUT2D eigenvalue weighted by Gasteiger charge is 2.34. The van der Waals surface area contributed by atoms with E-state index in [1.54, 1.807) is 11.5 Å². The second kappa shape index (κ2) is 12.4. The molecule has 0 radical (unpaired) electrons. The monoisotopic (exact) mass is 617 g/mol. The minimum atomic E-state index is -4.68. The molecule has 0 aliphatic carbocycles. The van der Waals surface area contributed by atoms with Gasteiger partial charge in [0.05, 0.1) is 36.0 Å². The number of urea groups is 1. The van der Waals surface area contributed by atoms with Crippen molar-refractivity contribution in [3.05, 3.63) is 57.6 Å². The maximum Gasteiger partial charge on any atom is 0.434 e. The first-order chi connectivity index (χ1) is 20.5. The van der Waals surface area contributed by atoms with Gasteiger partial charge in [-0.3, -0.25) is 20.0 Å². The molecule has 1 saturated heterocycles. The smallest absolute Gasteiger partial charge is 0.434 e. The summed E-state index contributed by atoms with van der Waals surface area (Å²) in [6.45, 7) is 5.64. The largest absolute Gasteiger partial charge is 0.477 e. The third-order valence-corrected chi connectivity index (χ3v) is 7.62. The van der Waals surface area contributed by atoms with E-state index in [1.165, 1.54) is 30.7 Å². The Hall–Kier alpha value is -4.41. The molecule has 0 unspecified atom stereocenters. The number of carbonyl (C=O) groups excluding carboxylic acids is 1. The number of thiazole rings is 1. The summed E-state index contributed by atoms with van der Waals surface area (Å²) in [7, 11) is 0. The summed E-state index contributed by atoms with van der Waals surface area (Å²) < 4.78 is 47.2. The number of hydrogen-bond donors (Lipinski definition) is 3. The van der Waals surface area contributed by atoms with E-state index in [-0.39, 0.29) is 33.0 Å². The predicted octanol–water partition coefficient (Wildman–Crippen LogP) is 3.77. The minimum absolute atomic E-state index is 0.0206. The van der Waals surface area contributed by atoms with Gasteiger partial charge in [-0.05, 0) is 19.1 Å². The van der Waals surface area contributed by atoms with Crippen molar-refractivity contribution in [3.8, 4) is 21.8 Å². The molecule has 12 nitrogen and oxygen atoms in total. The van der Waals surface area contributed by atoms with E-state index < -0.39 is 34.9 Å². The number of nitrogens with one attached hydrogen (secondary N) is 2. The lowest BCUT2D eigenvalue weighted by Gasteiger charge is -2.27. The first-order valence-corrected chi connectivity index (χ1v) is 14.1. The number of aromatic carboxylic acids is 1. The maximum atomic E-state index is 13.4. The van der Waals surface area contributed by atoms with E-state index in [9.17, 15) is 32.7 Å². The van der Waals surface area contributed by atoms with Crippen LogP contribution >= 0.6 is 11.3 Å². The van der Waals surface area contributed by atoms with E-state index in [0.717, 1.165) is 29.8 Å². The molecule has 226 valence electrons. The SMILES string of the molecule is CCNC(=O)Nc1cc(-c2nc(C(F)(F)F)cs2)c(-c2cc3c(=O)c(C(=O)O)cn(CCN4CCOCC4)c3cn2)cn1. The Morgan fingerprint density at radius 2 is 1.88 bits per heavy atom. The number of amides is 2. The number of pyridine rings is 3. The highest BCUT2D eigenvalue weighted by Crippen LogP contribution is 2.38.